The van der Waals surface area contributed by atoms with Gasteiger partial charge in [0, 0.05) is 11.3 Å². The van der Waals surface area contributed by atoms with E-state index in [4.69, 9.17) is 26.2 Å². The lowest BCUT2D eigenvalue weighted by Crippen LogP contribution is -2.14. The predicted molar refractivity (Wildman–Crippen MR) is 104 cm³/mol. The van der Waals surface area contributed by atoms with Gasteiger partial charge in [0.2, 0.25) is 0 Å². The number of ether oxygens (including phenoxy) is 2. The molecule has 2 aromatic carbocycles. The first-order valence-corrected chi connectivity index (χ1v) is 8.76. The van der Waals surface area contributed by atoms with E-state index in [1.165, 1.54) is 31.4 Å². The van der Waals surface area contributed by atoms with Gasteiger partial charge in [0.25, 0.3) is 5.91 Å². The smallest absolute Gasteiger partial charge is 0.335 e. The number of hydrogen-bond donors (Lipinski definition) is 2. The average molecular weight is 392 g/mol. The largest absolute Gasteiger partial charge is 0.493 e. The first-order chi connectivity index (χ1) is 12.7. The van der Waals surface area contributed by atoms with E-state index in [1.54, 1.807) is 13.0 Å². The lowest BCUT2D eigenvalue weighted by Gasteiger charge is -2.16. The maximum atomic E-state index is 12.6. The third kappa shape index (κ3) is 5.14. The Morgan fingerprint density at radius 1 is 1.19 bits per heavy atom. The van der Waals surface area contributed by atoms with Crippen molar-refractivity contribution in [2.45, 2.75) is 20.8 Å². The zero-order chi connectivity index (χ0) is 20.1. The second kappa shape index (κ2) is 8.77. The summed E-state index contributed by atoms with van der Waals surface area (Å²) in [6, 6.07) is 7.55. The second-order valence-electron chi connectivity index (χ2n) is 6.48. The molecule has 2 aromatic rings. The molecule has 27 heavy (non-hydrogen) atoms. The van der Waals surface area contributed by atoms with E-state index < -0.39 is 11.9 Å². The molecule has 0 saturated heterocycles. The minimum absolute atomic E-state index is 0.0870. The van der Waals surface area contributed by atoms with E-state index in [-0.39, 0.29) is 16.1 Å². The van der Waals surface area contributed by atoms with Gasteiger partial charge < -0.3 is 19.9 Å². The number of carboxylic acids is 1. The number of amides is 1. The van der Waals surface area contributed by atoms with Crippen molar-refractivity contribution in [2.24, 2.45) is 5.92 Å². The maximum Gasteiger partial charge on any atom is 0.335 e. The summed E-state index contributed by atoms with van der Waals surface area (Å²) in [5.74, 6) is -0.464. The fourth-order valence-electron chi connectivity index (χ4n) is 2.33. The van der Waals surface area contributed by atoms with Crippen molar-refractivity contribution in [2.75, 3.05) is 19.0 Å². The number of anilines is 1. The predicted octanol–water partition coefficient (Wildman–Crippen LogP) is 4.64. The van der Waals surface area contributed by atoms with E-state index in [1.807, 2.05) is 13.8 Å². The summed E-state index contributed by atoms with van der Waals surface area (Å²) in [4.78, 5) is 23.8. The molecule has 0 radical (unpaired) electrons. The van der Waals surface area contributed by atoms with Gasteiger partial charge in [-0.15, -0.1) is 0 Å². The van der Waals surface area contributed by atoms with Crippen molar-refractivity contribution >= 4 is 29.2 Å². The van der Waals surface area contributed by atoms with E-state index in [0.717, 1.165) is 5.56 Å². The molecule has 1 amide bonds. The van der Waals surface area contributed by atoms with Crippen LogP contribution in [0, 0.1) is 12.8 Å². The van der Waals surface area contributed by atoms with Crippen LogP contribution in [-0.4, -0.2) is 30.7 Å². The Hall–Kier alpha value is -2.73. The molecule has 0 unspecified atom stereocenters. The number of carbonyl (C=O) groups excluding carboxylic acids is 1. The van der Waals surface area contributed by atoms with Gasteiger partial charge >= 0.3 is 5.97 Å². The summed E-state index contributed by atoms with van der Waals surface area (Å²) >= 11 is 6.28. The Morgan fingerprint density at radius 2 is 1.89 bits per heavy atom. The lowest BCUT2D eigenvalue weighted by atomic mass is 10.1. The van der Waals surface area contributed by atoms with Gasteiger partial charge in [0.05, 0.1) is 24.3 Å². The number of rotatable bonds is 7. The van der Waals surface area contributed by atoms with Gasteiger partial charge in [-0.3, -0.25) is 4.79 Å². The van der Waals surface area contributed by atoms with E-state index in [9.17, 15) is 9.59 Å². The molecule has 144 valence electrons. The van der Waals surface area contributed by atoms with E-state index in [0.29, 0.717) is 29.7 Å². The fourth-order valence-corrected chi connectivity index (χ4v) is 2.59. The number of nitrogens with one attached hydrogen (secondary N) is 1. The third-order valence-electron chi connectivity index (χ3n) is 3.79. The summed E-state index contributed by atoms with van der Waals surface area (Å²) in [5, 5.41) is 12.1. The number of hydrogen-bond acceptors (Lipinski definition) is 4. The number of benzene rings is 2. The summed E-state index contributed by atoms with van der Waals surface area (Å²) in [7, 11) is 1.47. The number of aromatic carboxylic acids is 1. The van der Waals surface area contributed by atoms with Crippen LogP contribution >= 0.6 is 11.6 Å². The molecule has 0 bridgehead atoms. The van der Waals surface area contributed by atoms with Crippen LogP contribution in [0.5, 0.6) is 11.5 Å². The summed E-state index contributed by atoms with van der Waals surface area (Å²) in [5.41, 5.74) is 1.51. The monoisotopic (exact) mass is 391 g/mol. The van der Waals surface area contributed by atoms with Crippen molar-refractivity contribution < 1.29 is 24.2 Å². The summed E-state index contributed by atoms with van der Waals surface area (Å²) < 4.78 is 11.0. The molecule has 0 atom stereocenters. The highest BCUT2D eigenvalue weighted by molar-refractivity contribution is 6.32. The standard InChI is InChI=1S/C20H22ClNO5/c1-11(2)10-27-18-15(21)7-14(9-17(18)26-4)19(23)22-16-8-13(20(24)25)6-5-12(16)3/h5-9,11H,10H2,1-4H3,(H,22,23)(H,24,25). The van der Waals surface area contributed by atoms with Crippen LogP contribution in [0.2, 0.25) is 5.02 Å². The topological polar surface area (TPSA) is 84.9 Å². The zero-order valence-corrected chi connectivity index (χ0v) is 16.4. The molecule has 0 aliphatic heterocycles. The van der Waals surface area contributed by atoms with Crippen LogP contribution in [0.3, 0.4) is 0 Å². The Kier molecular flexibility index (Phi) is 6.69. The van der Waals surface area contributed by atoms with Crippen molar-refractivity contribution in [1.29, 1.82) is 0 Å². The minimum atomic E-state index is -1.07. The highest BCUT2D eigenvalue weighted by Crippen LogP contribution is 2.37. The number of halogens is 1. The molecular formula is C20H22ClNO5. The fraction of sp³-hybridized carbons (Fsp3) is 0.300. The molecule has 0 aliphatic rings. The molecule has 0 fully saturated rings. The third-order valence-corrected chi connectivity index (χ3v) is 4.07. The van der Waals surface area contributed by atoms with Crippen LogP contribution in [0.25, 0.3) is 0 Å². The molecule has 0 saturated carbocycles. The van der Waals surface area contributed by atoms with Crippen molar-refractivity contribution in [3.8, 4) is 11.5 Å². The summed E-state index contributed by atoms with van der Waals surface area (Å²) in [6.07, 6.45) is 0. The molecule has 0 aromatic heterocycles. The SMILES string of the molecule is COc1cc(C(=O)Nc2cc(C(=O)O)ccc2C)cc(Cl)c1OCC(C)C. The molecule has 0 spiro atoms. The van der Waals surface area contributed by atoms with Gasteiger partial charge in [0.1, 0.15) is 0 Å². The zero-order valence-electron chi connectivity index (χ0n) is 15.6. The summed E-state index contributed by atoms with van der Waals surface area (Å²) in [6.45, 7) is 6.26. The number of carboxylic acid groups (broad SMARTS) is 1. The molecular weight excluding hydrogens is 370 g/mol. The van der Waals surface area contributed by atoms with Crippen LogP contribution in [0.1, 0.15) is 40.1 Å². The van der Waals surface area contributed by atoms with Crippen molar-refractivity contribution in [1.82, 2.24) is 0 Å². The minimum Gasteiger partial charge on any atom is -0.493 e. The maximum absolute atomic E-state index is 12.6. The molecule has 6 nitrogen and oxygen atoms in total. The van der Waals surface area contributed by atoms with Crippen molar-refractivity contribution in [3.05, 3.63) is 52.0 Å². The quantitative estimate of drug-likeness (QED) is 0.718. The highest BCUT2D eigenvalue weighted by Gasteiger charge is 2.17. The Bertz CT molecular complexity index is 864. The number of carbonyl (C=O) groups is 2. The van der Waals surface area contributed by atoms with E-state index in [2.05, 4.69) is 5.32 Å². The van der Waals surface area contributed by atoms with Gasteiger partial charge in [-0.2, -0.15) is 0 Å². The van der Waals surface area contributed by atoms with Crippen LogP contribution < -0.4 is 14.8 Å². The van der Waals surface area contributed by atoms with Crippen LogP contribution in [0.15, 0.2) is 30.3 Å². The van der Waals surface area contributed by atoms with E-state index >= 15 is 0 Å². The second-order valence-corrected chi connectivity index (χ2v) is 6.89. The molecule has 0 aliphatic carbocycles. The average Bonchev–Trinajstić information content (AvgIpc) is 2.61. The Morgan fingerprint density at radius 3 is 2.48 bits per heavy atom. The van der Waals surface area contributed by atoms with Gasteiger partial charge in [-0.05, 0) is 42.7 Å². The first kappa shape index (κ1) is 20.6. The Balaban J connectivity index is 2.30. The number of aryl methyl sites for hydroxylation is 1. The van der Waals surface area contributed by atoms with Crippen molar-refractivity contribution in [3.63, 3.8) is 0 Å². The molecule has 0 heterocycles. The lowest BCUT2D eigenvalue weighted by molar-refractivity contribution is 0.0696. The van der Waals surface area contributed by atoms with Gasteiger partial charge in [-0.1, -0.05) is 31.5 Å². The molecule has 2 N–H and O–H groups in total. The van der Waals surface area contributed by atoms with Crippen LogP contribution in [-0.2, 0) is 0 Å². The highest BCUT2D eigenvalue weighted by atomic mass is 35.5. The molecule has 2 rings (SSSR count). The number of methoxy groups -OCH3 is 1. The van der Waals surface area contributed by atoms with Gasteiger partial charge in [-0.25, -0.2) is 4.79 Å². The normalized spacial score (nSPS) is 10.6. The molecule has 7 heteroatoms. The van der Waals surface area contributed by atoms with Crippen LogP contribution in [0.4, 0.5) is 5.69 Å². The van der Waals surface area contributed by atoms with Gasteiger partial charge in [0.15, 0.2) is 11.5 Å². The first-order valence-electron chi connectivity index (χ1n) is 8.38. The Labute approximate surface area is 163 Å².